The monoisotopic (exact) mass is 349 g/mol. The molecule has 112 valence electrons. The molecule has 0 heterocycles. The van der Waals surface area contributed by atoms with Gasteiger partial charge in [0, 0.05) is 17.1 Å². The summed E-state index contributed by atoms with van der Waals surface area (Å²) in [5.74, 6) is 0.756. The van der Waals surface area contributed by atoms with E-state index in [1.165, 1.54) is 5.56 Å². The number of methoxy groups -OCH3 is 1. The number of halogens is 1. The van der Waals surface area contributed by atoms with E-state index < -0.39 is 6.10 Å². The Bertz CT molecular complexity index is 589. The summed E-state index contributed by atoms with van der Waals surface area (Å²) >= 11 is 3.47. The third-order valence-corrected chi connectivity index (χ3v) is 3.94. The summed E-state index contributed by atoms with van der Waals surface area (Å²) in [5, 5.41) is 13.6. The molecule has 0 spiro atoms. The molecule has 2 rings (SSSR count). The summed E-state index contributed by atoms with van der Waals surface area (Å²) in [4.78, 5) is 0. The Morgan fingerprint density at radius 2 is 1.86 bits per heavy atom. The van der Waals surface area contributed by atoms with Gasteiger partial charge in [0.2, 0.25) is 0 Å². The molecule has 2 N–H and O–H groups in total. The Balaban J connectivity index is 1.95. The van der Waals surface area contributed by atoms with E-state index in [0.717, 1.165) is 15.8 Å². The average molecular weight is 350 g/mol. The highest BCUT2D eigenvalue weighted by Crippen LogP contribution is 2.21. The van der Waals surface area contributed by atoms with Crippen molar-refractivity contribution in [2.75, 3.05) is 13.7 Å². The number of nitrogens with one attached hydrogen (secondary N) is 1. The molecule has 1 unspecified atom stereocenters. The van der Waals surface area contributed by atoms with Crippen LogP contribution in [-0.2, 0) is 0 Å². The Morgan fingerprint density at radius 1 is 1.14 bits per heavy atom. The number of benzene rings is 2. The van der Waals surface area contributed by atoms with Crippen LogP contribution in [0.3, 0.4) is 0 Å². The largest absolute Gasteiger partial charge is 0.497 e. The van der Waals surface area contributed by atoms with E-state index in [1.807, 2.05) is 36.4 Å². The molecule has 0 radical (unpaired) electrons. The lowest BCUT2D eigenvalue weighted by molar-refractivity contribution is 0.170. The first-order valence-corrected chi connectivity index (χ1v) is 7.70. The second-order valence-corrected chi connectivity index (χ2v) is 5.89. The first-order valence-electron chi connectivity index (χ1n) is 6.91. The Morgan fingerprint density at radius 3 is 2.57 bits per heavy atom. The zero-order valence-corrected chi connectivity index (χ0v) is 13.8. The zero-order chi connectivity index (χ0) is 15.2. The first-order chi connectivity index (χ1) is 10.1. The van der Waals surface area contributed by atoms with Crippen LogP contribution in [-0.4, -0.2) is 18.8 Å². The lowest BCUT2D eigenvalue weighted by atomic mass is 10.1. The zero-order valence-electron chi connectivity index (χ0n) is 12.2. The number of hydrogen-bond acceptors (Lipinski definition) is 3. The smallest absolute Gasteiger partial charge is 0.119 e. The van der Waals surface area contributed by atoms with Crippen molar-refractivity contribution >= 4 is 15.9 Å². The second kappa shape index (κ2) is 7.59. The number of ether oxygens (including phenoxy) is 1. The van der Waals surface area contributed by atoms with Gasteiger partial charge < -0.3 is 15.2 Å². The van der Waals surface area contributed by atoms with E-state index >= 15 is 0 Å². The van der Waals surface area contributed by atoms with Gasteiger partial charge in [0.15, 0.2) is 0 Å². The summed E-state index contributed by atoms with van der Waals surface area (Å²) in [6.07, 6.45) is -0.560. The molecule has 0 aliphatic carbocycles. The SMILES string of the molecule is COc1cccc(C(O)CN[C@H](C)c2cccc(Br)c2)c1. The van der Waals surface area contributed by atoms with Crippen molar-refractivity contribution in [2.45, 2.75) is 19.1 Å². The van der Waals surface area contributed by atoms with Crippen molar-refractivity contribution in [2.24, 2.45) is 0 Å². The maximum atomic E-state index is 10.3. The van der Waals surface area contributed by atoms with Gasteiger partial charge in [-0.3, -0.25) is 0 Å². The summed E-state index contributed by atoms with van der Waals surface area (Å²) in [5.41, 5.74) is 2.03. The van der Waals surface area contributed by atoms with E-state index in [4.69, 9.17) is 4.74 Å². The topological polar surface area (TPSA) is 41.5 Å². The minimum absolute atomic E-state index is 0.169. The first kappa shape index (κ1) is 16.0. The normalized spacial score (nSPS) is 13.7. The lowest BCUT2D eigenvalue weighted by Gasteiger charge is -2.18. The highest BCUT2D eigenvalue weighted by Gasteiger charge is 2.11. The number of rotatable bonds is 6. The van der Waals surface area contributed by atoms with Gasteiger partial charge in [-0.15, -0.1) is 0 Å². The van der Waals surface area contributed by atoms with Crippen molar-refractivity contribution in [1.82, 2.24) is 5.32 Å². The maximum absolute atomic E-state index is 10.3. The molecule has 0 aliphatic heterocycles. The highest BCUT2D eigenvalue weighted by atomic mass is 79.9. The van der Waals surface area contributed by atoms with Crippen LogP contribution in [0, 0.1) is 0 Å². The van der Waals surface area contributed by atoms with Gasteiger partial charge in [0.1, 0.15) is 5.75 Å². The Kier molecular flexibility index (Phi) is 5.79. The van der Waals surface area contributed by atoms with Gasteiger partial charge >= 0.3 is 0 Å². The quantitative estimate of drug-likeness (QED) is 0.832. The van der Waals surface area contributed by atoms with Gasteiger partial charge in [0.25, 0.3) is 0 Å². The van der Waals surface area contributed by atoms with E-state index in [2.05, 4.69) is 40.3 Å². The minimum atomic E-state index is -0.560. The predicted octanol–water partition coefficient (Wildman–Crippen LogP) is 3.84. The summed E-state index contributed by atoms with van der Waals surface area (Å²) in [6, 6.07) is 15.8. The molecule has 3 nitrogen and oxygen atoms in total. The maximum Gasteiger partial charge on any atom is 0.119 e. The molecule has 0 aliphatic rings. The van der Waals surface area contributed by atoms with Crippen molar-refractivity contribution in [3.63, 3.8) is 0 Å². The van der Waals surface area contributed by atoms with Crippen LogP contribution >= 0.6 is 15.9 Å². The summed E-state index contributed by atoms with van der Waals surface area (Å²) in [7, 11) is 1.62. The molecular formula is C17H20BrNO2. The molecule has 0 saturated carbocycles. The van der Waals surface area contributed by atoms with E-state index in [-0.39, 0.29) is 6.04 Å². The molecule has 0 fully saturated rings. The number of aliphatic hydroxyl groups is 1. The molecule has 0 bridgehead atoms. The molecule has 2 atom stereocenters. The molecule has 0 saturated heterocycles. The molecule has 4 heteroatoms. The van der Waals surface area contributed by atoms with Gasteiger partial charge in [0.05, 0.1) is 13.2 Å². The second-order valence-electron chi connectivity index (χ2n) is 4.98. The molecule has 2 aromatic rings. The predicted molar refractivity (Wildman–Crippen MR) is 88.5 cm³/mol. The molecule has 21 heavy (non-hydrogen) atoms. The van der Waals surface area contributed by atoms with Crippen LogP contribution in [0.4, 0.5) is 0 Å². The van der Waals surface area contributed by atoms with Gasteiger partial charge in [-0.1, -0.05) is 40.2 Å². The van der Waals surface area contributed by atoms with Crippen molar-refractivity contribution in [3.05, 3.63) is 64.1 Å². The third kappa shape index (κ3) is 4.56. The Labute approximate surface area is 134 Å². The highest BCUT2D eigenvalue weighted by molar-refractivity contribution is 9.10. The fourth-order valence-electron chi connectivity index (χ4n) is 2.15. The molecule has 0 amide bonds. The summed E-state index contributed by atoms with van der Waals surface area (Å²) in [6.45, 7) is 2.57. The molecule has 0 aromatic heterocycles. The van der Waals surface area contributed by atoms with Crippen LogP contribution in [0.25, 0.3) is 0 Å². The minimum Gasteiger partial charge on any atom is -0.497 e. The van der Waals surface area contributed by atoms with Crippen LogP contribution in [0.2, 0.25) is 0 Å². The standard InChI is InChI=1S/C17H20BrNO2/c1-12(13-5-3-7-15(18)9-13)19-11-17(20)14-6-4-8-16(10-14)21-2/h3-10,12,17,19-20H,11H2,1-2H3/t12-,17?/m1/s1. The van der Waals surface area contributed by atoms with Crippen LogP contribution in [0.5, 0.6) is 5.75 Å². The number of hydrogen-bond donors (Lipinski definition) is 2. The molecular weight excluding hydrogens is 330 g/mol. The van der Waals surface area contributed by atoms with Gasteiger partial charge in [-0.25, -0.2) is 0 Å². The summed E-state index contributed by atoms with van der Waals surface area (Å²) < 4.78 is 6.23. The average Bonchev–Trinajstić information content (AvgIpc) is 2.52. The fourth-order valence-corrected chi connectivity index (χ4v) is 2.57. The third-order valence-electron chi connectivity index (χ3n) is 3.44. The van der Waals surface area contributed by atoms with E-state index in [1.54, 1.807) is 7.11 Å². The van der Waals surface area contributed by atoms with Crippen LogP contribution in [0.1, 0.15) is 30.2 Å². The van der Waals surface area contributed by atoms with Gasteiger partial charge in [-0.05, 0) is 42.3 Å². The number of aliphatic hydroxyl groups excluding tert-OH is 1. The van der Waals surface area contributed by atoms with Crippen molar-refractivity contribution < 1.29 is 9.84 Å². The molecule has 2 aromatic carbocycles. The van der Waals surface area contributed by atoms with Crippen LogP contribution < -0.4 is 10.1 Å². The van der Waals surface area contributed by atoms with Crippen LogP contribution in [0.15, 0.2) is 53.0 Å². The van der Waals surface area contributed by atoms with Gasteiger partial charge in [-0.2, -0.15) is 0 Å². The van der Waals surface area contributed by atoms with E-state index in [0.29, 0.717) is 6.54 Å². The van der Waals surface area contributed by atoms with E-state index in [9.17, 15) is 5.11 Å². The van der Waals surface area contributed by atoms with Crippen molar-refractivity contribution in [1.29, 1.82) is 0 Å². The Hall–Kier alpha value is -1.36. The van der Waals surface area contributed by atoms with Crippen molar-refractivity contribution in [3.8, 4) is 5.75 Å². The fraction of sp³-hybridized carbons (Fsp3) is 0.294. The lowest BCUT2D eigenvalue weighted by Crippen LogP contribution is -2.24.